The average Bonchev–Trinajstić information content (AvgIpc) is 2.43. The van der Waals surface area contributed by atoms with Crippen molar-refractivity contribution in [2.45, 2.75) is 33.2 Å². The highest BCUT2D eigenvalue weighted by atomic mass is 32.2. The van der Waals surface area contributed by atoms with Crippen molar-refractivity contribution in [3.63, 3.8) is 0 Å². The molecule has 0 bridgehead atoms. The Morgan fingerprint density at radius 1 is 1.45 bits per heavy atom. The number of aromatic carboxylic acids is 1. The van der Waals surface area contributed by atoms with Gasteiger partial charge in [-0.05, 0) is 24.0 Å². The van der Waals surface area contributed by atoms with Gasteiger partial charge in [-0.2, -0.15) is 4.31 Å². The quantitative estimate of drug-likeness (QED) is 0.831. The van der Waals surface area contributed by atoms with E-state index in [-0.39, 0.29) is 17.9 Å². The molecule has 122 valence electrons. The van der Waals surface area contributed by atoms with Crippen LogP contribution < -0.4 is 5.56 Å². The van der Waals surface area contributed by atoms with Crippen LogP contribution in [-0.4, -0.2) is 41.1 Å². The lowest BCUT2D eigenvalue weighted by Crippen LogP contribution is -2.39. The van der Waals surface area contributed by atoms with Crippen LogP contribution in [0.15, 0.2) is 10.9 Å². The van der Waals surface area contributed by atoms with Crippen LogP contribution in [0, 0.1) is 5.92 Å². The number of H-pyrrole nitrogens is 1. The van der Waals surface area contributed by atoms with E-state index in [1.54, 1.807) is 0 Å². The van der Waals surface area contributed by atoms with Crippen LogP contribution in [0.2, 0.25) is 0 Å². The number of hydrogen-bond donors (Lipinski definition) is 2. The maximum atomic E-state index is 12.3. The lowest BCUT2D eigenvalue weighted by molar-refractivity contribution is 0.0694. The molecule has 0 atom stereocenters. The molecule has 1 aromatic rings. The number of nitrogens with zero attached hydrogens (tertiary/aromatic N) is 1. The zero-order chi connectivity index (χ0) is 16.5. The molecule has 0 amide bonds. The second-order valence-electron chi connectivity index (χ2n) is 5.90. The number of carboxylic acids is 1. The van der Waals surface area contributed by atoms with Crippen molar-refractivity contribution >= 4 is 16.0 Å². The summed E-state index contributed by atoms with van der Waals surface area (Å²) in [6, 6.07) is 1.28. The van der Waals surface area contributed by atoms with E-state index < -0.39 is 21.6 Å². The fourth-order valence-electron chi connectivity index (χ4n) is 2.39. The maximum Gasteiger partial charge on any atom is 0.341 e. The molecule has 2 rings (SSSR count). The molecule has 0 radical (unpaired) electrons. The number of rotatable bonds is 5. The third-order valence-electron chi connectivity index (χ3n) is 3.75. The number of nitrogens with one attached hydrogen (secondary N) is 1. The molecule has 7 nitrogen and oxygen atoms in total. The minimum absolute atomic E-state index is 0.0785. The summed E-state index contributed by atoms with van der Waals surface area (Å²) >= 11 is 0. The zero-order valence-electron chi connectivity index (χ0n) is 12.6. The van der Waals surface area contributed by atoms with Crippen molar-refractivity contribution in [1.29, 1.82) is 0 Å². The molecule has 1 aliphatic heterocycles. The number of carboxylic acid groups (broad SMARTS) is 1. The summed E-state index contributed by atoms with van der Waals surface area (Å²) in [7, 11) is -3.37. The molecule has 2 heterocycles. The van der Waals surface area contributed by atoms with E-state index in [1.807, 2.05) is 13.8 Å². The average molecular weight is 328 g/mol. The molecule has 0 spiro atoms. The first-order valence-corrected chi connectivity index (χ1v) is 8.78. The number of pyridine rings is 1. The van der Waals surface area contributed by atoms with E-state index in [4.69, 9.17) is 5.11 Å². The van der Waals surface area contributed by atoms with Crippen molar-refractivity contribution in [1.82, 2.24) is 9.29 Å². The molecule has 0 saturated heterocycles. The number of sulfonamides is 1. The minimum Gasteiger partial charge on any atom is -0.477 e. The molecule has 0 fully saturated rings. The smallest absolute Gasteiger partial charge is 0.341 e. The fourth-order valence-corrected chi connectivity index (χ4v) is 4.12. The predicted octanol–water partition coefficient (Wildman–Crippen LogP) is 0.807. The lowest BCUT2D eigenvalue weighted by atomic mass is 10.1. The van der Waals surface area contributed by atoms with Crippen molar-refractivity contribution < 1.29 is 18.3 Å². The molecule has 0 saturated carbocycles. The number of aromatic amines is 1. The van der Waals surface area contributed by atoms with Crippen LogP contribution in [0.5, 0.6) is 0 Å². The Hall–Kier alpha value is -1.67. The molecule has 0 aliphatic carbocycles. The number of aromatic nitrogens is 1. The summed E-state index contributed by atoms with van der Waals surface area (Å²) < 4.78 is 26.0. The van der Waals surface area contributed by atoms with Crippen molar-refractivity contribution in [2.75, 3.05) is 12.3 Å². The summed E-state index contributed by atoms with van der Waals surface area (Å²) in [6.45, 7) is 4.33. The van der Waals surface area contributed by atoms with Gasteiger partial charge in [-0.1, -0.05) is 13.8 Å². The molecule has 22 heavy (non-hydrogen) atoms. The van der Waals surface area contributed by atoms with E-state index in [0.717, 1.165) is 0 Å². The Kier molecular flexibility index (Phi) is 4.72. The Balaban J connectivity index is 2.26. The largest absolute Gasteiger partial charge is 0.477 e. The van der Waals surface area contributed by atoms with Crippen LogP contribution in [0.1, 0.15) is 41.9 Å². The van der Waals surface area contributed by atoms with Crippen LogP contribution in [0.3, 0.4) is 0 Å². The van der Waals surface area contributed by atoms with Crippen LogP contribution in [0.25, 0.3) is 0 Å². The van der Waals surface area contributed by atoms with E-state index in [2.05, 4.69) is 4.98 Å². The highest BCUT2D eigenvalue weighted by Gasteiger charge is 2.28. The van der Waals surface area contributed by atoms with Gasteiger partial charge in [-0.25, -0.2) is 13.2 Å². The predicted molar refractivity (Wildman–Crippen MR) is 81.4 cm³/mol. The fraction of sp³-hybridized carbons (Fsp3) is 0.571. The zero-order valence-corrected chi connectivity index (χ0v) is 13.4. The molecule has 0 unspecified atom stereocenters. The van der Waals surface area contributed by atoms with E-state index in [1.165, 1.54) is 10.4 Å². The second-order valence-corrected chi connectivity index (χ2v) is 7.99. The van der Waals surface area contributed by atoms with Gasteiger partial charge in [0, 0.05) is 25.2 Å². The monoisotopic (exact) mass is 328 g/mol. The lowest BCUT2D eigenvalue weighted by Gasteiger charge is -2.28. The van der Waals surface area contributed by atoms with Gasteiger partial charge in [0.2, 0.25) is 10.0 Å². The number of carbonyl (C=O) groups is 1. The van der Waals surface area contributed by atoms with Crippen molar-refractivity contribution in [2.24, 2.45) is 5.92 Å². The highest BCUT2D eigenvalue weighted by Crippen LogP contribution is 2.20. The molecular weight excluding hydrogens is 308 g/mol. The van der Waals surface area contributed by atoms with Gasteiger partial charge < -0.3 is 10.1 Å². The summed E-state index contributed by atoms with van der Waals surface area (Å²) in [4.78, 5) is 25.2. The number of hydrogen-bond acceptors (Lipinski definition) is 4. The number of fused-ring (bicyclic) bond motifs is 1. The summed E-state index contributed by atoms with van der Waals surface area (Å²) in [5, 5.41) is 8.99. The summed E-state index contributed by atoms with van der Waals surface area (Å²) in [5.74, 6) is -0.944. The van der Waals surface area contributed by atoms with Gasteiger partial charge in [0.1, 0.15) is 5.56 Å². The standard InChI is InChI=1S/C14H20N2O5S/c1-9(2)4-6-22(20,21)16-5-3-12-10(8-16)7-11(14(18)19)13(17)15-12/h7,9H,3-6,8H2,1-2H3,(H,15,17)(H,18,19). The Bertz CT molecular complexity index is 736. The van der Waals surface area contributed by atoms with E-state index in [9.17, 15) is 18.0 Å². The molecular formula is C14H20N2O5S. The Morgan fingerprint density at radius 3 is 2.73 bits per heavy atom. The van der Waals surface area contributed by atoms with Gasteiger partial charge >= 0.3 is 5.97 Å². The molecule has 1 aliphatic rings. The minimum atomic E-state index is -3.37. The van der Waals surface area contributed by atoms with Gasteiger partial charge in [0.05, 0.1) is 5.75 Å². The van der Waals surface area contributed by atoms with Crippen LogP contribution >= 0.6 is 0 Å². The van der Waals surface area contributed by atoms with E-state index >= 15 is 0 Å². The maximum absolute atomic E-state index is 12.3. The van der Waals surface area contributed by atoms with Crippen LogP contribution in [-0.2, 0) is 23.0 Å². The first kappa shape index (κ1) is 16.7. The Labute approximate surface area is 129 Å². The van der Waals surface area contributed by atoms with Gasteiger partial charge in [0.25, 0.3) is 5.56 Å². The van der Waals surface area contributed by atoms with E-state index in [0.29, 0.717) is 36.6 Å². The van der Waals surface area contributed by atoms with Crippen LogP contribution in [0.4, 0.5) is 0 Å². The molecule has 1 aromatic heterocycles. The van der Waals surface area contributed by atoms with Gasteiger partial charge in [0.15, 0.2) is 0 Å². The first-order valence-electron chi connectivity index (χ1n) is 7.17. The molecule has 0 aromatic carbocycles. The molecule has 8 heteroatoms. The molecule has 2 N–H and O–H groups in total. The van der Waals surface area contributed by atoms with Gasteiger partial charge in [-0.15, -0.1) is 0 Å². The topological polar surface area (TPSA) is 108 Å². The van der Waals surface area contributed by atoms with Crippen molar-refractivity contribution in [3.8, 4) is 0 Å². The Morgan fingerprint density at radius 2 is 2.14 bits per heavy atom. The second kappa shape index (κ2) is 6.21. The summed E-state index contributed by atoms with van der Waals surface area (Å²) in [5.41, 5.74) is 0.157. The normalized spacial score (nSPS) is 15.8. The summed E-state index contributed by atoms with van der Waals surface area (Å²) in [6.07, 6.45) is 0.961. The highest BCUT2D eigenvalue weighted by molar-refractivity contribution is 7.89. The first-order chi connectivity index (χ1) is 10.2. The SMILES string of the molecule is CC(C)CCS(=O)(=O)N1CCc2[nH]c(=O)c(C(=O)O)cc2C1. The van der Waals surface area contributed by atoms with Gasteiger partial charge in [-0.3, -0.25) is 4.79 Å². The third-order valence-corrected chi connectivity index (χ3v) is 5.60. The van der Waals surface area contributed by atoms with Crippen molar-refractivity contribution in [3.05, 3.63) is 33.2 Å². The third kappa shape index (κ3) is 3.56.